The molecule has 0 unspecified atom stereocenters. The molecule has 0 aromatic heterocycles. The van der Waals surface area contributed by atoms with Crippen molar-refractivity contribution >= 4 is 56.4 Å². The summed E-state index contributed by atoms with van der Waals surface area (Å²) in [6, 6.07) is 10.0. The van der Waals surface area contributed by atoms with Crippen LogP contribution in [0.1, 0.15) is 10.4 Å². The number of halogens is 3. The van der Waals surface area contributed by atoms with E-state index in [-0.39, 0.29) is 11.5 Å². The highest BCUT2D eigenvalue weighted by Gasteiger charge is 2.14. The topological polar surface area (TPSA) is 55.1 Å². The maximum absolute atomic E-state index is 12.1. The van der Waals surface area contributed by atoms with Crippen LogP contribution in [-0.2, 0) is 0 Å². The zero-order chi connectivity index (χ0) is 14.0. The number of hydrogen-bond donors (Lipinski definition) is 2. The summed E-state index contributed by atoms with van der Waals surface area (Å²) in [7, 11) is 0. The monoisotopic (exact) mass is 358 g/mol. The van der Waals surface area contributed by atoms with E-state index in [1.165, 1.54) is 0 Å². The predicted molar refractivity (Wildman–Crippen MR) is 83.0 cm³/mol. The summed E-state index contributed by atoms with van der Waals surface area (Å²) in [5, 5.41) is 3.30. The highest BCUT2D eigenvalue weighted by atomic mass is 79.9. The van der Waals surface area contributed by atoms with Crippen LogP contribution in [0.5, 0.6) is 0 Å². The molecule has 3 nitrogen and oxygen atoms in total. The van der Waals surface area contributed by atoms with Crippen LogP contribution in [0.2, 0.25) is 10.0 Å². The lowest BCUT2D eigenvalue weighted by Crippen LogP contribution is -2.13. The molecule has 0 aliphatic rings. The van der Waals surface area contributed by atoms with E-state index >= 15 is 0 Å². The Kier molecular flexibility index (Phi) is 4.34. The van der Waals surface area contributed by atoms with Crippen molar-refractivity contribution in [1.29, 1.82) is 0 Å². The molecule has 6 heteroatoms. The van der Waals surface area contributed by atoms with Gasteiger partial charge in [-0.1, -0.05) is 29.3 Å². The highest BCUT2D eigenvalue weighted by Crippen LogP contribution is 2.27. The molecule has 0 aliphatic heterocycles. The number of benzene rings is 2. The molecule has 0 saturated heterocycles. The van der Waals surface area contributed by atoms with Gasteiger partial charge in [-0.25, -0.2) is 0 Å². The van der Waals surface area contributed by atoms with Crippen LogP contribution in [-0.4, -0.2) is 5.91 Å². The van der Waals surface area contributed by atoms with Crippen LogP contribution in [0, 0.1) is 0 Å². The van der Waals surface area contributed by atoms with Crippen molar-refractivity contribution < 1.29 is 4.79 Å². The minimum Gasteiger partial charge on any atom is -0.398 e. The molecule has 0 bridgehead atoms. The Morgan fingerprint density at radius 2 is 1.79 bits per heavy atom. The smallest absolute Gasteiger partial charge is 0.258 e. The Morgan fingerprint density at radius 1 is 1.16 bits per heavy atom. The maximum atomic E-state index is 12.1. The lowest BCUT2D eigenvalue weighted by Gasteiger charge is -2.09. The highest BCUT2D eigenvalue weighted by molar-refractivity contribution is 9.10. The van der Waals surface area contributed by atoms with Crippen LogP contribution in [0.4, 0.5) is 11.4 Å². The molecule has 0 radical (unpaired) electrons. The molecule has 0 saturated carbocycles. The second-order valence-corrected chi connectivity index (χ2v) is 5.46. The molecule has 2 aromatic carbocycles. The first kappa shape index (κ1) is 14.2. The van der Waals surface area contributed by atoms with E-state index in [0.717, 1.165) is 4.47 Å². The summed E-state index contributed by atoms with van der Waals surface area (Å²) in [5.41, 5.74) is 7.09. The fourth-order valence-electron chi connectivity index (χ4n) is 1.53. The number of carbonyl (C=O) groups is 1. The zero-order valence-electron chi connectivity index (χ0n) is 9.58. The van der Waals surface area contributed by atoms with Gasteiger partial charge in [0, 0.05) is 15.8 Å². The number of nitrogens with two attached hydrogens (primary N) is 1. The van der Waals surface area contributed by atoms with Gasteiger partial charge < -0.3 is 11.1 Å². The first-order valence-corrected chi connectivity index (χ1v) is 6.84. The molecular formula is C13H9BrCl2N2O. The standard InChI is InChI=1S/C13H9BrCl2N2O/c14-8-5-4-7(6-11(8)17)18-13(19)12-9(15)2-1-3-10(12)16/h1-6H,17H2,(H,18,19). The SMILES string of the molecule is Nc1cc(NC(=O)c2c(Cl)cccc2Cl)ccc1Br. The molecule has 2 rings (SSSR count). The average molecular weight is 360 g/mol. The van der Waals surface area contributed by atoms with Crippen molar-refractivity contribution in [2.24, 2.45) is 0 Å². The Morgan fingerprint density at radius 3 is 2.37 bits per heavy atom. The van der Waals surface area contributed by atoms with E-state index < -0.39 is 0 Å². The van der Waals surface area contributed by atoms with Crippen molar-refractivity contribution in [3.63, 3.8) is 0 Å². The molecule has 0 atom stereocenters. The van der Waals surface area contributed by atoms with Crippen LogP contribution in [0.3, 0.4) is 0 Å². The summed E-state index contributed by atoms with van der Waals surface area (Å²) in [6.45, 7) is 0. The molecule has 0 heterocycles. The number of hydrogen-bond acceptors (Lipinski definition) is 2. The van der Waals surface area contributed by atoms with Gasteiger partial charge in [-0.15, -0.1) is 0 Å². The van der Waals surface area contributed by atoms with Crippen LogP contribution in [0.15, 0.2) is 40.9 Å². The summed E-state index contributed by atoms with van der Waals surface area (Å²) >= 11 is 15.2. The predicted octanol–water partition coefficient (Wildman–Crippen LogP) is 4.59. The average Bonchev–Trinajstić information content (AvgIpc) is 2.33. The number of nitrogens with one attached hydrogen (secondary N) is 1. The van der Waals surface area contributed by atoms with E-state index in [0.29, 0.717) is 21.4 Å². The van der Waals surface area contributed by atoms with Gasteiger partial charge in [-0.3, -0.25) is 4.79 Å². The van der Waals surface area contributed by atoms with Gasteiger partial charge in [-0.2, -0.15) is 0 Å². The first-order chi connectivity index (χ1) is 8.99. The van der Waals surface area contributed by atoms with Gasteiger partial charge in [0.05, 0.1) is 15.6 Å². The van der Waals surface area contributed by atoms with Crippen LogP contribution in [0.25, 0.3) is 0 Å². The number of nitrogen functional groups attached to an aromatic ring is 1. The van der Waals surface area contributed by atoms with Gasteiger partial charge in [-0.05, 0) is 46.3 Å². The van der Waals surface area contributed by atoms with Gasteiger partial charge in [0.15, 0.2) is 0 Å². The van der Waals surface area contributed by atoms with Gasteiger partial charge >= 0.3 is 0 Å². The van der Waals surface area contributed by atoms with Crippen LogP contribution < -0.4 is 11.1 Å². The van der Waals surface area contributed by atoms with Crippen LogP contribution >= 0.6 is 39.1 Å². The third-order valence-electron chi connectivity index (χ3n) is 2.44. The van der Waals surface area contributed by atoms with E-state index in [1.54, 1.807) is 36.4 Å². The molecule has 3 N–H and O–H groups in total. The van der Waals surface area contributed by atoms with Gasteiger partial charge in [0.25, 0.3) is 5.91 Å². The molecule has 0 fully saturated rings. The van der Waals surface area contributed by atoms with Crippen molar-refractivity contribution in [3.8, 4) is 0 Å². The zero-order valence-corrected chi connectivity index (χ0v) is 12.7. The largest absolute Gasteiger partial charge is 0.398 e. The van der Waals surface area contributed by atoms with Crippen molar-refractivity contribution in [2.75, 3.05) is 11.1 Å². The minimum absolute atomic E-state index is 0.243. The quantitative estimate of drug-likeness (QED) is 0.770. The van der Waals surface area contributed by atoms with Crippen molar-refractivity contribution in [2.45, 2.75) is 0 Å². The van der Waals surface area contributed by atoms with Crippen molar-refractivity contribution in [1.82, 2.24) is 0 Å². The van der Waals surface area contributed by atoms with E-state index in [9.17, 15) is 4.79 Å². The van der Waals surface area contributed by atoms with E-state index in [4.69, 9.17) is 28.9 Å². The Labute approximate surface area is 128 Å². The van der Waals surface area contributed by atoms with Crippen molar-refractivity contribution in [3.05, 3.63) is 56.5 Å². The second-order valence-electron chi connectivity index (χ2n) is 3.79. The third-order valence-corrected chi connectivity index (χ3v) is 3.80. The Bertz CT molecular complexity index is 626. The second kappa shape index (κ2) is 5.82. The fraction of sp³-hybridized carbons (Fsp3) is 0. The Hall–Kier alpha value is -1.23. The van der Waals surface area contributed by atoms with E-state index in [1.807, 2.05) is 0 Å². The Balaban J connectivity index is 2.28. The number of rotatable bonds is 2. The fourth-order valence-corrected chi connectivity index (χ4v) is 2.35. The molecule has 0 aliphatic carbocycles. The summed E-state index contributed by atoms with van der Waals surface area (Å²) in [6.07, 6.45) is 0. The third kappa shape index (κ3) is 3.21. The number of carbonyl (C=O) groups excluding carboxylic acids is 1. The molecular weight excluding hydrogens is 351 g/mol. The first-order valence-electron chi connectivity index (χ1n) is 5.29. The molecule has 1 amide bonds. The summed E-state index contributed by atoms with van der Waals surface area (Å²) in [4.78, 5) is 12.1. The lowest BCUT2D eigenvalue weighted by molar-refractivity contribution is 0.102. The maximum Gasteiger partial charge on any atom is 0.258 e. The normalized spacial score (nSPS) is 10.3. The van der Waals surface area contributed by atoms with Gasteiger partial charge in [0.1, 0.15) is 0 Å². The molecule has 0 spiro atoms. The molecule has 19 heavy (non-hydrogen) atoms. The van der Waals surface area contributed by atoms with E-state index in [2.05, 4.69) is 21.2 Å². The molecule has 2 aromatic rings. The lowest BCUT2D eigenvalue weighted by atomic mass is 10.2. The number of amides is 1. The number of anilines is 2. The van der Waals surface area contributed by atoms with Gasteiger partial charge in [0.2, 0.25) is 0 Å². The minimum atomic E-state index is -0.377. The summed E-state index contributed by atoms with van der Waals surface area (Å²) < 4.78 is 0.765. The summed E-state index contributed by atoms with van der Waals surface area (Å²) in [5.74, 6) is -0.377. The molecule has 98 valence electrons.